The lowest BCUT2D eigenvalue weighted by Crippen LogP contribution is -2.38. The maximum atomic E-state index is 11.6. The van der Waals surface area contributed by atoms with Crippen molar-refractivity contribution in [2.75, 3.05) is 32.7 Å². The molecule has 0 spiro atoms. The minimum absolute atomic E-state index is 0. The third kappa shape index (κ3) is 7.93. The van der Waals surface area contributed by atoms with Crippen LogP contribution in [0.2, 0.25) is 0 Å². The summed E-state index contributed by atoms with van der Waals surface area (Å²) >= 11 is 0. The Morgan fingerprint density at radius 2 is 1.92 bits per heavy atom. The molecule has 0 aromatic heterocycles. The smallest absolute Gasteiger partial charge is 0.222 e. The molecule has 5 nitrogen and oxygen atoms in total. The van der Waals surface area contributed by atoms with Crippen molar-refractivity contribution in [1.82, 2.24) is 15.5 Å². The molecule has 2 N–H and O–H groups in total. The molecular formula is C20H33IN4O. The number of hydrogen-bond donors (Lipinski definition) is 2. The number of nitrogens with zero attached hydrogens (tertiary/aromatic N) is 2. The molecule has 0 bridgehead atoms. The number of nitrogens with one attached hydrogen (secondary N) is 2. The molecule has 0 unspecified atom stereocenters. The van der Waals surface area contributed by atoms with Gasteiger partial charge in [-0.3, -0.25) is 9.79 Å². The van der Waals surface area contributed by atoms with Crippen LogP contribution < -0.4 is 10.6 Å². The first-order valence-electron chi connectivity index (χ1n) is 9.45. The van der Waals surface area contributed by atoms with Gasteiger partial charge >= 0.3 is 0 Å². The van der Waals surface area contributed by atoms with E-state index < -0.39 is 0 Å². The molecule has 1 aromatic rings. The molecule has 1 saturated heterocycles. The predicted octanol–water partition coefficient (Wildman–Crippen LogP) is 3.03. The van der Waals surface area contributed by atoms with Crippen LogP contribution in [-0.4, -0.2) is 49.5 Å². The summed E-state index contributed by atoms with van der Waals surface area (Å²) in [5.74, 6) is 1.15. The van der Waals surface area contributed by atoms with Gasteiger partial charge in [0.25, 0.3) is 0 Å². The van der Waals surface area contributed by atoms with Crippen molar-refractivity contribution in [3.05, 3.63) is 34.9 Å². The van der Waals surface area contributed by atoms with E-state index in [0.29, 0.717) is 12.3 Å². The molecule has 1 fully saturated rings. The zero-order valence-corrected chi connectivity index (χ0v) is 18.6. The fourth-order valence-corrected chi connectivity index (χ4v) is 3.27. The molecule has 0 atom stereocenters. The third-order valence-corrected chi connectivity index (χ3v) is 4.36. The average Bonchev–Trinajstić information content (AvgIpc) is 2.95. The Morgan fingerprint density at radius 3 is 2.54 bits per heavy atom. The summed E-state index contributed by atoms with van der Waals surface area (Å²) in [6.45, 7) is 10.5. The van der Waals surface area contributed by atoms with Crippen molar-refractivity contribution >= 4 is 35.8 Å². The number of hydrogen-bond acceptors (Lipinski definition) is 2. The summed E-state index contributed by atoms with van der Waals surface area (Å²) in [6.07, 6.45) is 3.62. The number of aliphatic imine (C=N–C) groups is 1. The lowest BCUT2D eigenvalue weighted by atomic mass is 10.1. The van der Waals surface area contributed by atoms with Crippen LogP contribution in [0.4, 0.5) is 0 Å². The molecule has 1 aliphatic heterocycles. The van der Waals surface area contributed by atoms with Gasteiger partial charge in [0, 0.05) is 39.1 Å². The molecule has 1 aromatic carbocycles. The van der Waals surface area contributed by atoms with E-state index in [0.717, 1.165) is 57.9 Å². The van der Waals surface area contributed by atoms with Crippen LogP contribution in [-0.2, 0) is 11.2 Å². The van der Waals surface area contributed by atoms with Crippen LogP contribution in [0.5, 0.6) is 0 Å². The maximum absolute atomic E-state index is 11.6. The third-order valence-electron chi connectivity index (χ3n) is 4.36. The van der Waals surface area contributed by atoms with Gasteiger partial charge in [-0.2, -0.15) is 0 Å². The fraction of sp³-hybridized carbons (Fsp3) is 0.600. The Hall–Kier alpha value is -1.31. The van der Waals surface area contributed by atoms with Gasteiger partial charge in [-0.05, 0) is 45.6 Å². The van der Waals surface area contributed by atoms with Gasteiger partial charge in [-0.1, -0.05) is 29.3 Å². The van der Waals surface area contributed by atoms with Gasteiger partial charge in [-0.25, -0.2) is 0 Å². The van der Waals surface area contributed by atoms with E-state index in [9.17, 15) is 4.79 Å². The monoisotopic (exact) mass is 472 g/mol. The molecule has 0 saturated carbocycles. The highest BCUT2D eigenvalue weighted by Crippen LogP contribution is 2.10. The van der Waals surface area contributed by atoms with Gasteiger partial charge in [0.05, 0.1) is 0 Å². The van der Waals surface area contributed by atoms with Gasteiger partial charge in [0.2, 0.25) is 5.91 Å². The number of rotatable bonds is 8. The molecule has 1 heterocycles. The zero-order chi connectivity index (χ0) is 18.1. The van der Waals surface area contributed by atoms with E-state index in [1.807, 2.05) is 4.90 Å². The van der Waals surface area contributed by atoms with E-state index in [1.165, 1.54) is 16.7 Å². The van der Waals surface area contributed by atoms with Crippen molar-refractivity contribution in [2.24, 2.45) is 4.99 Å². The summed E-state index contributed by atoms with van der Waals surface area (Å²) in [7, 11) is 0. The van der Waals surface area contributed by atoms with Crippen molar-refractivity contribution < 1.29 is 4.79 Å². The van der Waals surface area contributed by atoms with Crippen LogP contribution in [0.1, 0.15) is 42.9 Å². The summed E-state index contributed by atoms with van der Waals surface area (Å²) in [6, 6.07) is 6.69. The summed E-state index contributed by atoms with van der Waals surface area (Å²) < 4.78 is 0. The molecule has 1 amide bonds. The SMILES string of the molecule is CCNC(=NCCCN1CCCC1=O)NCCc1cc(C)cc(C)c1.I. The number of aryl methyl sites for hydroxylation is 2. The molecule has 2 rings (SSSR count). The van der Waals surface area contributed by atoms with E-state index in [-0.39, 0.29) is 24.0 Å². The zero-order valence-electron chi connectivity index (χ0n) is 16.3. The van der Waals surface area contributed by atoms with Gasteiger partial charge in [-0.15, -0.1) is 24.0 Å². The van der Waals surface area contributed by atoms with Crippen molar-refractivity contribution in [2.45, 2.75) is 46.5 Å². The number of carbonyl (C=O) groups excluding carboxylic acids is 1. The first-order valence-corrected chi connectivity index (χ1v) is 9.45. The van der Waals surface area contributed by atoms with E-state index in [2.05, 4.69) is 54.6 Å². The minimum atomic E-state index is 0. The van der Waals surface area contributed by atoms with Crippen molar-refractivity contribution in [3.63, 3.8) is 0 Å². The second-order valence-corrected chi connectivity index (χ2v) is 6.77. The van der Waals surface area contributed by atoms with Crippen molar-refractivity contribution in [3.8, 4) is 0 Å². The highest BCUT2D eigenvalue weighted by atomic mass is 127. The number of guanidine groups is 1. The van der Waals surface area contributed by atoms with Crippen LogP contribution in [0.3, 0.4) is 0 Å². The minimum Gasteiger partial charge on any atom is -0.357 e. The molecule has 146 valence electrons. The first-order chi connectivity index (χ1) is 12.1. The Balaban J connectivity index is 0.00000338. The highest BCUT2D eigenvalue weighted by Gasteiger charge is 2.18. The Labute approximate surface area is 175 Å². The Bertz CT molecular complexity index is 583. The number of benzene rings is 1. The lowest BCUT2D eigenvalue weighted by molar-refractivity contribution is -0.127. The highest BCUT2D eigenvalue weighted by molar-refractivity contribution is 14.0. The van der Waals surface area contributed by atoms with Gasteiger partial charge < -0.3 is 15.5 Å². The quantitative estimate of drug-likeness (QED) is 0.265. The van der Waals surface area contributed by atoms with Gasteiger partial charge in [0.15, 0.2) is 5.96 Å². The molecular weight excluding hydrogens is 439 g/mol. The van der Waals surface area contributed by atoms with Gasteiger partial charge in [0.1, 0.15) is 0 Å². The maximum Gasteiger partial charge on any atom is 0.222 e. The van der Waals surface area contributed by atoms with Crippen LogP contribution >= 0.6 is 24.0 Å². The number of likely N-dealkylation sites (tertiary alicyclic amines) is 1. The molecule has 26 heavy (non-hydrogen) atoms. The second-order valence-electron chi connectivity index (χ2n) is 6.77. The fourth-order valence-electron chi connectivity index (χ4n) is 3.27. The summed E-state index contributed by atoms with van der Waals surface area (Å²) in [4.78, 5) is 18.2. The van der Waals surface area contributed by atoms with E-state index >= 15 is 0 Å². The van der Waals surface area contributed by atoms with Crippen LogP contribution in [0.25, 0.3) is 0 Å². The number of carbonyl (C=O) groups is 1. The topological polar surface area (TPSA) is 56.7 Å². The first kappa shape index (κ1) is 22.7. The second kappa shape index (κ2) is 12.1. The Kier molecular flexibility index (Phi) is 10.6. The Morgan fingerprint density at radius 1 is 1.19 bits per heavy atom. The molecule has 6 heteroatoms. The average molecular weight is 472 g/mol. The predicted molar refractivity (Wildman–Crippen MR) is 119 cm³/mol. The standard InChI is InChI=1S/C20H32N4O.HI/c1-4-21-20(22-9-6-12-24-11-5-7-19(24)25)23-10-8-18-14-16(2)13-17(3)15-18;/h13-15H,4-12H2,1-3H3,(H2,21,22,23);1H. The summed E-state index contributed by atoms with van der Waals surface area (Å²) in [5.41, 5.74) is 3.98. The van der Waals surface area contributed by atoms with Crippen molar-refractivity contribution in [1.29, 1.82) is 0 Å². The lowest BCUT2D eigenvalue weighted by Gasteiger charge is -2.15. The van der Waals surface area contributed by atoms with Crippen LogP contribution in [0, 0.1) is 13.8 Å². The summed E-state index contributed by atoms with van der Waals surface area (Å²) in [5, 5.41) is 6.69. The molecule has 1 aliphatic rings. The molecule has 0 aliphatic carbocycles. The molecule has 0 radical (unpaired) electrons. The van der Waals surface area contributed by atoms with Crippen LogP contribution in [0.15, 0.2) is 23.2 Å². The largest absolute Gasteiger partial charge is 0.357 e. The number of amides is 1. The van der Waals surface area contributed by atoms with E-state index in [4.69, 9.17) is 0 Å². The van der Waals surface area contributed by atoms with E-state index in [1.54, 1.807) is 0 Å². The number of halogens is 1. The normalized spacial score (nSPS) is 14.3.